The van der Waals surface area contributed by atoms with Crippen molar-refractivity contribution < 1.29 is 31.4 Å². The van der Waals surface area contributed by atoms with Crippen molar-refractivity contribution in [1.82, 2.24) is 4.98 Å². The Hall–Kier alpha value is -2.76. The average molecular weight is 546 g/mol. The van der Waals surface area contributed by atoms with E-state index in [2.05, 4.69) is 10.1 Å². The second kappa shape index (κ2) is 9.60. The van der Waals surface area contributed by atoms with Crippen LogP contribution in [0.3, 0.4) is 0 Å². The topological polar surface area (TPSA) is 48.7 Å². The molecule has 4 nitrogen and oxygen atoms in total. The van der Waals surface area contributed by atoms with E-state index in [4.69, 9.17) is 11.6 Å². The molecule has 190 valence electrons. The van der Waals surface area contributed by atoms with E-state index in [9.17, 15) is 31.4 Å². The van der Waals surface area contributed by atoms with Gasteiger partial charge in [-0.2, -0.15) is 31.4 Å². The van der Waals surface area contributed by atoms with Gasteiger partial charge in [-0.05, 0) is 41.6 Å². The van der Waals surface area contributed by atoms with Gasteiger partial charge in [-0.25, -0.2) is 4.98 Å². The minimum atomic E-state index is -6.04. The van der Waals surface area contributed by atoms with E-state index in [0.717, 1.165) is 10.0 Å². The second-order valence-corrected chi connectivity index (χ2v) is 9.21. The van der Waals surface area contributed by atoms with Gasteiger partial charge in [0, 0.05) is 23.2 Å². The van der Waals surface area contributed by atoms with Gasteiger partial charge in [-0.15, -0.1) is 11.8 Å². The van der Waals surface area contributed by atoms with Crippen LogP contribution in [0.15, 0.2) is 77.0 Å². The summed E-state index contributed by atoms with van der Waals surface area (Å²) in [6.45, 7) is 0. The van der Waals surface area contributed by atoms with Crippen LogP contribution in [-0.2, 0) is 0 Å². The fraction of sp³-hybridized carbons (Fsp3) is 0.250. The fourth-order valence-corrected chi connectivity index (χ4v) is 4.57. The van der Waals surface area contributed by atoms with E-state index in [1.807, 2.05) is 6.26 Å². The monoisotopic (exact) mass is 545 g/mol. The molecule has 0 aliphatic carbocycles. The molecule has 1 N–H and O–H groups in total. The molecule has 12 heteroatoms. The predicted molar refractivity (Wildman–Crippen MR) is 127 cm³/mol. The SMILES string of the molecule is CSc1ccc(-c2cccc(N3N=C(C(O)(C(F)(F)F)C(F)(F)F)CC3c3ccccc3Cl)c2)cn1. The standard InChI is InChI=1S/C24H18ClF6N3OS/c1-36-21-10-9-15(13-32-21)14-5-4-6-16(11-14)34-19(17-7-2-3-8-18(17)25)12-20(33-34)22(35,23(26,27)28)24(29,30)31/h2-11,13,19,35H,12H2,1H3. The third-order valence-electron chi connectivity index (χ3n) is 5.80. The number of aromatic nitrogens is 1. The van der Waals surface area contributed by atoms with Crippen LogP contribution in [0.1, 0.15) is 18.0 Å². The van der Waals surface area contributed by atoms with E-state index in [1.54, 1.807) is 48.7 Å². The summed E-state index contributed by atoms with van der Waals surface area (Å²) in [7, 11) is 0. The number of thioether (sulfide) groups is 1. The molecule has 2 aromatic carbocycles. The van der Waals surface area contributed by atoms with Gasteiger partial charge < -0.3 is 5.11 Å². The molecule has 0 spiro atoms. The molecule has 4 rings (SSSR count). The van der Waals surface area contributed by atoms with Crippen LogP contribution in [0, 0.1) is 0 Å². The number of rotatable bonds is 5. The Bertz CT molecular complexity index is 1270. The van der Waals surface area contributed by atoms with Crippen LogP contribution in [0.5, 0.6) is 0 Å². The molecule has 1 aromatic heterocycles. The van der Waals surface area contributed by atoms with Crippen molar-refractivity contribution in [3.05, 3.63) is 77.4 Å². The molecule has 1 atom stereocenters. The zero-order valence-corrected chi connectivity index (χ0v) is 20.1. The van der Waals surface area contributed by atoms with Crippen molar-refractivity contribution in [3.8, 4) is 11.1 Å². The summed E-state index contributed by atoms with van der Waals surface area (Å²) in [5.41, 5.74) is -4.80. The lowest BCUT2D eigenvalue weighted by atomic mass is 9.90. The minimum absolute atomic E-state index is 0.138. The summed E-state index contributed by atoms with van der Waals surface area (Å²) in [6, 6.07) is 15.0. The van der Waals surface area contributed by atoms with Gasteiger partial charge >= 0.3 is 12.4 Å². The molecule has 2 heterocycles. The Morgan fingerprint density at radius 2 is 1.64 bits per heavy atom. The van der Waals surface area contributed by atoms with Crippen LogP contribution in [0.2, 0.25) is 5.02 Å². The molecule has 1 aliphatic rings. The van der Waals surface area contributed by atoms with E-state index in [1.165, 1.54) is 30.0 Å². The van der Waals surface area contributed by atoms with Gasteiger partial charge in [0.05, 0.1) is 22.5 Å². The minimum Gasteiger partial charge on any atom is -0.369 e. The van der Waals surface area contributed by atoms with Crippen molar-refractivity contribution >= 4 is 34.8 Å². The molecule has 1 aliphatic heterocycles. The molecular weight excluding hydrogens is 528 g/mol. The Labute approximate surface area is 211 Å². The van der Waals surface area contributed by atoms with Gasteiger partial charge in [0.15, 0.2) is 0 Å². The largest absolute Gasteiger partial charge is 0.431 e. The molecule has 0 saturated carbocycles. The highest BCUT2D eigenvalue weighted by atomic mass is 35.5. The number of halogens is 7. The first kappa shape index (κ1) is 26.3. The summed E-state index contributed by atoms with van der Waals surface area (Å²) in [5.74, 6) is 0. The highest BCUT2D eigenvalue weighted by Gasteiger charge is 2.74. The number of alkyl halides is 6. The Balaban J connectivity index is 1.84. The van der Waals surface area contributed by atoms with E-state index < -0.39 is 36.1 Å². The number of hydrogen-bond donors (Lipinski definition) is 1. The van der Waals surface area contributed by atoms with E-state index in [0.29, 0.717) is 11.1 Å². The molecule has 0 fully saturated rings. The van der Waals surface area contributed by atoms with Crippen LogP contribution < -0.4 is 5.01 Å². The highest BCUT2D eigenvalue weighted by Crippen LogP contribution is 2.49. The van der Waals surface area contributed by atoms with Gasteiger partial charge in [0.1, 0.15) is 0 Å². The lowest BCUT2D eigenvalue weighted by molar-refractivity contribution is -0.338. The van der Waals surface area contributed by atoms with E-state index >= 15 is 0 Å². The maximum Gasteiger partial charge on any atom is 0.431 e. The van der Waals surface area contributed by atoms with Crippen molar-refractivity contribution in [2.45, 2.75) is 35.4 Å². The molecular formula is C24H18ClF6N3OS. The molecule has 0 radical (unpaired) electrons. The Kier molecular flexibility index (Phi) is 7.02. The Morgan fingerprint density at radius 3 is 2.22 bits per heavy atom. The lowest BCUT2D eigenvalue weighted by Gasteiger charge is -2.32. The number of hydrazone groups is 1. The number of anilines is 1. The van der Waals surface area contributed by atoms with Crippen LogP contribution >= 0.6 is 23.4 Å². The predicted octanol–water partition coefficient (Wildman–Crippen LogP) is 7.29. The summed E-state index contributed by atoms with van der Waals surface area (Å²) in [4.78, 5) is 4.29. The van der Waals surface area contributed by atoms with Crippen molar-refractivity contribution in [1.29, 1.82) is 0 Å². The first-order valence-corrected chi connectivity index (χ1v) is 12.0. The maximum absolute atomic E-state index is 13.6. The zero-order valence-electron chi connectivity index (χ0n) is 18.5. The Morgan fingerprint density at radius 1 is 0.944 bits per heavy atom. The summed E-state index contributed by atoms with van der Waals surface area (Å²) in [5, 5.41) is 15.7. The maximum atomic E-state index is 13.6. The van der Waals surface area contributed by atoms with Crippen LogP contribution in [-0.4, -0.2) is 40.0 Å². The average Bonchev–Trinajstić information content (AvgIpc) is 3.28. The second-order valence-electron chi connectivity index (χ2n) is 7.98. The summed E-state index contributed by atoms with van der Waals surface area (Å²) < 4.78 is 81.8. The van der Waals surface area contributed by atoms with Crippen molar-refractivity contribution in [2.24, 2.45) is 5.10 Å². The number of aliphatic hydroxyl groups is 1. The molecule has 0 bridgehead atoms. The van der Waals surface area contributed by atoms with Gasteiger partial charge in [-0.3, -0.25) is 5.01 Å². The molecule has 36 heavy (non-hydrogen) atoms. The highest BCUT2D eigenvalue weighted by molar-refractivity contribution is 7.98. The van der Waals surface area contributed by atoms with Gasteiger partial charge in [-0.1, -0.05) is 48.0 Å². The van der Waals surface area contributed by atoms with Crippen LogP contribution in [0.25, 0.3) is 11.1 Å². The number of pyridine rings is 1. The molecule has 1 unspecified atom stereocenters. The molecule has 0 saturated heterocycles. The number of nitrogens with zero attached hydrogens (tertiary/aromatic N) is 3. The zero-order chi connectivity index (χ0) is 26.3. The quantitative estimate of drug-likeness (QED) is 0.270. The lowest BCUT2D eigenvalue weighted by Crippen LogP contribution is -2.62. The first-order chi connectivity index (χ1) is 16.9. The third kappa shape index (κ3) is 4.67. The summed E-state index contributed by atoms with van der Waals surface area (Å²) in [6.07, 6.45) is -9.46. The van der Waals surface area contributed by atoms with Crippen LogP contribution in [0.4, 0.5) is 32.0 Å². The van der Waals surface area contributed by atoms with Gasteiger partial charge in [0.25, 0.3) is 5.60 Å². The summed E-state index contributed by atoms with van der Waals surface area (Å²) >= 11 is 7.70. The third-order valence-corrected chi connectivity index (χ3v) is 6.81. The van der Waals surface area contributed by atoms with E-state index in [-0.39, 0.29) is 16.3 Å². The number of benzene rings is 2. The van der Waals surface area contributed by atoms with Crippen molar-refractivity contribution in [3.63, 3.8) is 0 Å². The fourth-order valence-electron chi connectivity index (χ4n) is 3.94. The normalized spacial score (nSPS) is 16.9. The van der Waals surface area contributed by atoms with Gasteiger partial charge in [0.2, 0.25) is 0 Å². The molecule has 0 amide bonds. The first-order valence-electron chi connectivity index (χ1n) is 10.4. The smallest absolute Gasteiger partial charge is 0.369 e. The molecule has 3 aromatic rings. The number of hydrogen-bond acceptors (Lipinski definition) is 5. The van der Waals surface area contributed by atoms with Crippen molar-refractivity contribution in [2.75, 3.05) is 11.3 Å².